The number of halogens is 1. The summed E-state index contributed by atoms with van der Waals surface area (Å²) in [7, 11) is 5.47. The van der Waals surface area contributed by atoms with Crippen molar-refractivity contribution < 1.29 is 4.74 Å². The second kappa shape index (κ2) is 6.00. The average molecular weight is 289 g/mol. The maximum Gasteiger partial charge on any atom is 0.224 e. The number of hydrogen-bond donors (Lipinski definition) is 1. The monoisotopic (exact) mass is 288 g/mol. The van der Waals surface area contributed by atoms with E-state index in [1.807, 2.05) is 7.05 Å². The quantitative estimate of drug-likeness (QED) is 0.895. The van der Waals surface area contributed by atoms with Crippen LogP contribution in [0.4, 0.5) is 11.8 Å². The van der Waals surface area contributed by atoms with Crippen molar-refractivity contribution in [2.75, 3.05) is 38.0 Å². The molecule has 1 rings (SSSR count). The van der Waals surface area contributed by atoms with Gasteiger partial charge in [0.25, 0.3) is 0 Å². The molecule has 0 aliphatic rings. The SMILES string of the molecule is CNc1ncc(Br)c(N(C)C(C)COC)n1. The molecule has 1 aromatic rings. The highest BCUT2D eigenvalue weighted by molar-refractivity contribution is 9.10. The molecule has 0 saturated carbocycles. The summed E-state index contributed by atoms with van der Waals surface area (Å²) in [5.74, 6) is 1.46. The fourth-order valence-electron chi connectivity index (χ4n) is 1.29. The number of hydrogen-bond acceptors (Lipinski definition) is 5. The second-order valence-electron chi connectivity index (χ2n) is 3.53. The third kappa shape index (κ3) is 3.05. The fraction of sp³-hybridized carbons (Fsp3) is 0.600. The summed E-state index contributed by atoms with van der Waals surface area (Å²) in [4.78, 5) is 10.6. The first-order valence-electron chi connectivity index (χ1n) is 5.02. The van der Waals surface area contributed by atoms with Crippen molar-refractivity contribution >= 4 is 27.7 Å². The first-order valence-corrected chi connectivity index (χ1v) is 5.81. The van der Waals surface area contributed by atoms with Crippen LogP contribution < -0.4 is 10.2 Å². The highest BCUT2D eigenvalue weighted by atomic mass is 79.9. The lowest BCUT2D eigenvalue weighted by Crippen LogP contribution is -2.33. The highest BCUT2D eigenvalue weighted by Gasteiger charge is 2.15. The zero-order chi connectivity index (χ0) is 12.1. The van der Waals surface area contributed by atoms with Gasteiger partial charge in [0.05, 0.1) is 17.1 Å². The normalized spacial score (nSPS) is 12.3. The number of likely N-dealkylation sites (N-methyl/N-ethyl adjacent to an activating group) is 1. The molecule has 1 heterocycles. The van der Waals surface area contributed by atoms with Crippen molar-refractivity contribution in [2.24, 2.45) is 0 Å². The Labute approximate surface area is 104 Å². The second-order valence-corrected chi connectivity index (χ2v) is 4.38. The Bertz CT molecular complexity index is 348. The van der Waals surface area contributed by atoms with E-state index in [0.29, 0.717) is 12.6 Å². The van der Waals surface area contributed by atoms with Gasteiger partial charge >= 0.3 is 0 Å². The fourth-order valence-corrected chi connectivity index (χ4v) is 1.76. The molecule has 0 aliphatic heterocycles. The first kappa shape index (κ1) is 13.2. The van der Waals surface area contributed by atoms with Crippen molar-refractivity contribution in [2.45, 2.75) is 13.0 Å². The molecule has 6 heteroatoms. The van der Waals surface area contributed by atoms with Crippen LogP contribution in [0.5, 0.6) is 0 Å². The van der Waals surface area contributed by atoms with Crippen molar-refractivity contribution in [3.05, 3.63) is 10.7 Å². The maximum absolute atomic E-state index is 5.13. The number of rotatable bonds is 5. The number of nitrogens with zero attached hydrogens (tertiary/aromatic N) is 3. The largest absolute Gasteiger partial charge is 0.383 e. The third-order valence-corrected chi connectivity index (χ3v) is 2.91. The molecular weight excluding hydrogens is 272 g/mol. The van der Waals surface area contributed by atoms with E-state index in [9.17, 15) is 0 Å². The smallest absolute Gasteiger partial charge is 0.224 e. The van der Waals surface area contributed by atoms with Crippen LogP contribution in [0.3, 0.4) is 0 Å². The predicted octanol–water partition coefficient (Wildman–Crippen LogP) is 1.75. The van der Waals surface area contributed by atoms with Crippen LogP contribution in [0.1, 0.15) is 6.92 Å². The lowest BCUT2D eigenvalue weighted by atomic mass is 10.3. The molecule has 0 radical (unpaired) electrons. The Hall–Kier alpha value is -0.880. The molecule has 1 aromatic heterocycles. The summed E-state index contributed by atoms with van der Waals surface area (Å²) in [6, 6.07) is 0.251. The molecular formula is C10H17BrN4O. The van der Waals surface area contributed by atoms with Crippen LogP contribution in [0.2, 0.25) is 0 Å². The molecule has 0 spiro atoms. The van der Waals surface area contributed by atoms with Crippen LogP contribution >= 0.6 is 15.9 Å². The third-order valence-electron chi connectivity index (χ3n) is 2.35. The minimum Gasteiger partial charge on any atom is -0.383 e. The van der Waals surface area contributed by atoms with Crippen molar-refractivity contribution in [3.8, 4) is 0 Å². The molecule has 5 nitrogen and oxygen atoms in total. The van der Waals surface area contributed by atoms with Crippen molar-refractivity contribution in [1.82, 2.24) is 9.97 Å². The van der Waals surface area contributed by atoms with Gasteiger partial charge < -0.3 is 15.0 Å². The van der Waals surface area contributed by atoms with Crippen LogP contribution in [0.25, 0.3) is 0 Å². The van der Waals surface area contributed by atoms with Gasteiger partial charge in [-0.2, -0.15) is 4.98 Å². The first-order chi connectivity index (χ1) is 7.60. The van der Waals surface area contributed by atoms with Crippen LogP contribution in [-0.2, 0) is 4.74 Å². The van der Waals surface area contributed by atoms with Gasteiger partial charge in [0.1, 0.15) is 5.82 Å². The Morgan fingerprint density at radius 1 is 1.62 bits per heavy atom. The average Bonchev–Trinajstić information content (AvgIpc) is 2.29. The molecule has 1 N–H and O–H groups in total. The summed E-state index contributed by atoms with van der Waals surface area (Å²) in [6.45, 7) is 2.74. The predicted molar refractivity (Wildman–Crippen MR) is 69.0 cm³/mol. The van der Waals surface area contributed by atoms with E-state index in [2.05, 4.69) is 43.0 Å². The van der Waals surface area contributed by atoms with E-state index in [1.165, 1.54) is 0 Å². The molecule has 90 valence electrons. The minimum absolute atomic E-state index is 0.251. The van der Waals surface area contributed by atoms with E-state index in [4.69, 9.17) is 4.74 Å². The summed E-state index contributed by atoms with van der Waals surface area (Å²) >= 11 is 3.44. The van der Waals surface area contributed by atoms with Crippen LogP contribution in [0, 0.1) is 0 Å². The number of methoxy groups -OCH3 is 1. The van der Waals surface area contributed by atoms with Crippen LogP contribution in [0.15, 0.2) is 10.7 Å². The van der Waals surface area contributed by atoms with E-state index in [-0.39, 0.29) is 6.04 Å². The van der Waals surface area contributed by atoms with Gasteiger partial charge in [-0.1, -0.05) is 0 Å². The lowest BCUT2D eigenvalue weighted by Gasteiger charge is -2.26. The molecule has 1 atom stereocenters. The Balaban J connectivity index is 2.92. The van der Waals surface area contributed by atoms with Gasteiger partial charge in [-0.25, -0.2) is 4.98 Å². The van der Waals surface area contributed by atoms with Gasteiger partial charge in [-0.05, 0) is 22.9 Å². The summed E-state index contributed by atoms with van der Waals surface area (Å²) in [5, 5.41) is 2.92. The Morgan fingerprint density at radius 3 is 2.88 bits per heavy atom. The van der Waals surface area contributed by atoms with Crippen molar-refractivity contribution in [3.63, 3.8) is 0 Å². The number of anilines is 2. The Kier molecular flexibility index (Phi) is 4.95. The van der Waals surface area contributed by atoms with E-state index < -0.39 is 0 Å². The zero-order valence-electron chi connectivity index (χ0n) is 9.99. The molecule has 0 bridgehead atoms. The minimum atomic E-state index is 0.251. The number of ether oxygens (including phenoxy) is 1. The van der Waals surface area contributed by atoms with Crippen molar-refractivity contribution in [1.29, 1.82) is 0 Å². The van der Waals surface area contributed by atoms with E-state index >= 15 is 0 Å². The topological polar surface area (TPSA) is 50.3 Å². The van der Waals surface area contributed by atoms with Gasteiger partial charge in [0, 0.05) is 27.4 Å². The van der Waals surface area contributed by atoms with Gasteiger partial charge in [-0.15, -0.1) is 0 Å². The standard InChI is InChI=1S/C10H17BrN4O/c1-7(6-16-4)15(3)9-8(11)5-13-10(12-2)14-9/h5,7H,6H2,1-4H3,(H,12,13,14). The van der Waals surface area contributed by atoms with Gasteiger partial charge in [0.15, 0.2) is 0 Å². The molecule has 0 fully saturated rings. The van der Waals surface area contributed by atoms with E-state index in [1.54, 1.807) is 20.4 Å². The van der Waals surface area contributed by atoms with Gasteiger partial charge in [-0.3, -0.25) is 0 Å². The van der Waals surface area contributed by atoms with E-state index in [0.717, 1.165) is 10.3 Å². The molecule has 0 amide bonds. The molecule has 16 heavy (non-hydrogen) atoms. The maximum atomic E-state index is 5.13. The van der Waals surface area contributed by atoms with Crippen LogP contribution in [-0.4, -0.2) is 43.8 Å². The molecule has 1 unspecified atom stereocenters. The summed E-state index contributed by atoms with van der Waals surface area (Å²) in [6.07, 6.45) is 1.74. The highest BCUT2D eigenvalue weighted by Crippen LogP contribution is 2.24. The van der Waals surface area contributed by atoms with Gasteiger partial charge in [0.2, 0.25) is 5.95 Å². The molecule has 0 aliphatic carbocycles. The Morgan fingerprint density at radius 2 is 2.31 bits per heavy atom. The molecule has 0 saturated heterocycles. The molecule has 0 aromatic carbocycles. The summed E-state index contributed by atoms with van der Waals surface area (Å²) < 4.78 is 6.00. The number of nitrogens with one attached hydrogen (secondary N) is 1. The lowest BCUT2D eigenvalue weighted by molar-refractivity contribution is 0.183. The summed E-state index contributed by atoms with van der Waals surface area (Å²) in [5.41, 5.74) is 0. The zero-order valence-corrected chi connectivity index (χ0v) is 11.6. The number of aromatic nitrogens is 2.